The van der Waals surface area contributed by atoms with Crippen molar-refractivity contribution in [1.29, 1.82) is 0 Å². The number of nitrogens with two attached hydrogens (primary N) is 1. The lowest BCUT2D eigenvalue weighted by Gasteiger charge is -2.20. The summed E-state index contributed by atoms with van der Waals surface area (Å²) in [6.07, 6.45) is 5.35. The van der Waals surface area contributed by atoms with E-state index in [4.69, 9.17) is 20.3 Å². The molecule has 21 heavy (non-hydrogen) atoms. The molecule has 0 fully saturated rings. The fourth-order valence-electron chi connectivity index (χ4n) is 1.92. The van der Waals surface area contributed by atoms with E-state index >= 15 is 0 Å². The quantitative estimate of drug-likeness (QED) is 0.531. The van der Waals surface area contributed by atoms with Crippen LogP contribution in [0.4, 0.5) is 11.8 Å². The Morgan fingerprint density at radius 2 is 2.19 bits per heavy atom. The minimum Gasteiger partial charge on any atom is -0.486 e. The van der Waals surface area contributed by atoms with Gasteiger partial charge < -0.3 is 25.6 Å². The highest BCUT2D eigenvalue weighted by molar-refractivity contribution is 5.51. The molecule has 1 atom stereocenters. The molecule has 0 saturated heterocycles. The summed E-state index contributed by atoms with van der Waals surface area (Å²) in [6, 6.07) is 0.133. The number of rotatable bonds is 11. The molecule has 0 saturated carbocycles. The van der Waals surface area contributed by atoms with Gasteiger partial charge in [-0.25, -0.2) is 4.98 Å². The molecule has 120 valence electrons. The summed E-state index contributed by atoms with van der Waals surface area (Å²) in [5.74, 6) is 1.30. The lowest BCUT2D eigenvalue weighted by molar-refractivity contribution is 0.146. The number of anilines is 2. The molecule has 0 radical (unpaired) electrons. The first-order valence-electron chi connectivity index (χ1n) is 7.32. The van der Waals surface area contributed by atoms with Gasteiger partial charge in [0, 0.05) is 19.8 Å². The summed E-state index contributed by atoms with van der Waals surface area (Å²) in [6.45, 7) is 3.16. The minimum absolute atomic E-state index is 0.127. The second-order valence-electron chi connectivity index (χ2n) is 4.78. The number of nitrogens with one attached hydrogen (secondary N) is 1. The summed E-state index contributed by atoms with van der Waals surface area (Å²) in [4.78, 5) is 8.14. The smallest absolute Gasteiger partial charge is 0.222 e. The minimum atomic E-state index is 0.127. The zero-order chi connectivity index (χ0) is 15.5. The molecule has 1 unspecified atom stereocenters. The Kier molecular flexibility index (Phi) is 8.45. The standard InChI is InChI=1S/C14H26N4O3/c1-3-4-5-11(6-7-19)17-13-12(21-9-8-20-2)10-16-14(15)18-13/h10-11,19H,3-9H2,1-2H3,(H3,15,16,17,18). The topological polar surface area (TPSA) is 103 Å². The Labute approximate surface area is 125 Å². The van der Waals surface area contributed by atoms with Gasteiger partial charge in [0.05, 0.1) is 12.8 Å². The molecule has 7 heteroatoms. The number of aliphatic hydroxyl groups is 1. The summed E-state index contributed by atoms with van der Waals surface area (Å²) in [5.41, 5.74) is 5.64. The van der Waals surface area contributed by atoms with Crippen LogP contribution in [0.5, 0.6) is 5.75 Å². The molecule has 0 aliphatic heterocycles. The van der Waals surface area contributed by atoms with Crippen molar-refractivity contribution in [3.05, 3.63) is 6.20 Å². The lowest BCUT2D eigenvalue weighted by Crippen LogP contribution is -2.22. The number of unbranched alkanes of at least 4 members (excludes halogenated alkanes) is 1. The highest BCUT2D eigenvalue weighted by atomic mass is 16.5. The number of aliphatic hydroxyl groups excluding tert-OH is 1. The van der Waals surface area contributed by atoms with Gasteiger partial charge in [-0.05, 0) is 12.8 Å². The number of nitrogens with zero attached hydrogens (tertiary/aromatic N) is 2. The molecule has 0 aliphatic carbocycles. The second-order valence-corrected chi connectivity index (χ2v) is 4.78. The van der Waals surface area contributed by atoms with Gasteiger partial charge in [0.1, 0.15) is 6.61 Å². The van der Waals surface area contributed by atoms with Gasteiger partial charge in [0.25, 0.3) is 0 Å². The molecule has 7 nitrogen and oxygen atoms in total. The first-order chi connectivity index (χ1) is 10.2. The van der Waals surface area contributed by atoms with Crippen molar-refractivity contribution < 1.29 is 14.6 Å². The van der Waals surface area contributed by atoms with Crippen molar-refractivity contribution in [3.63, 3.8) is 0 Å². The van der Waals surface area contributed by atoms with Crippen molar-refractivity contribution in [2.45, 2.75) is 38.6 Å². The number of methoxy groups -OCH3 is 1. The van der Waals surface area contributed by atoms with Gasteiger partial charge in [-0.3, -0.25) is 0 Å². The van der Waals surface area contributed by atoms with E-state index in [1.54, 1.807) is 13.3 Å². The maximum atomic E-state index is 9.17. The highest BCUT2D eigenvalue weighted by Crippen LogP contribution is 2.24. The van der Waals surface area contributed by atoms with Gasteiger partial charge in [0.2, 0.25) is 5.95 Å². The van der Waals surface area contributed by atoms with E-state index in [1.165, 1.54) is 0 Å². The molecule has 1 heterocycles. The van der Waals surface area contributed by atoms with E-state index in [1.807, 2.05) is 0 Å². The van der Waals surface area contributed by atoms with Gasteiger partial charge >= 0.3 is 0 Å². The van der Waals surface area contributed by atoms with Gasteiger partial charge in [-0.1, -0.05) is 19.8 Å². The SMILES string of the molecule is CCCCC(CCO)Nc1nc(N)ncc1OCCOC. The molecule has 4 N–H and O–H groups in total. The van der Waals surface area contributed by atoms with Crippen LogP contribution in [-0.4, -0.2) is 48.0 Å². The monoisotopic (exact) mass is 298 g/mol. The van der Waals surface area contributed by atoms with Crippen LogP contribution in [0.1, 0.15) is 32.6 Å². The van der Waals surface area contributed by atoms with Crippen LogP contribution in [0.25, 0.3) is 0 Å². The average molecular weight is 298 g/mol. The predicted molar refractivity (Wildman–Crippen MR) is 82.5 cm³/mol. The highest BCUT2D eigenvalue weighted by Gasteiger charge is 2.13. The molecular formula is C14H26N4O3. The van der Waals surface area contributed by atoms with Gasteiger partial charge in [0.15, 0.2) is 11.6 Å². The molecule has 1 aromatic heterocycles. The largest absolute Gasteiger partial charge is 0.486 e. The first-order valence-corrected chi connectivity index (χ1v) is 7.32. The number of hydrogen-bond acceptors (Lipinski definition) is 7. The third-order valence-electron chi connectivity index (χ3n) is 3.04. The van der Waals surface area contributed by atoms with E-state index in [-0.39, 0.29) is 18.6 Å². The summed E-state index contributed by atoms with van der Waals surface area (Å²) >= 11 is 0. The van der Waals surface area contributed by atoms with Crippen LogP contribution in [0, 0.1) is 0 Å². The molecule has 1 aromatic rings. The molecule has 0 spiro atoms. The molecule has 0 aliphatic rings. The Hall–Kier alpha value is -1.60. The van der Waals surface area contributed by atoms with Crippen molar-refractivity contribution >= 4 is 11.8 Å². The van der Waals surface area contributed by atoms with E-state index in [2.05, 4.69) is 22.2 Å². The summed E-state index contributed by atoms with van der Waals surface area (Å²) in [5, 5.41) is 12.5. The maximum absolute atomic E-state index is 9.17. The van der Waals surface area contributed by atoms with Crippen LogP contribution in [0.2, 0.25) is 0 Å². The van der Waals surface area contributed by atoms with Crippen LogP contribution in [0.15, 0.2) is 6.20 Å². The predicted octanol–water partition coefficient (Wildman–Crippen LogP) is 1.44. The van der Waals surface area contributed by atoms with Gasteiger partial charge in [-0.2, -0.15) is 4.98 Å². The first kappa shape index (κ1) is 17.5. The van der Waals surface area contributed by atoms with E-state index in [0.717, 1.165) is 19.3 Å². The van der Waals surface area contributed by atoms with Crippen molar-refractivity contribution in [2.75, 3.05) is 38.0 Å². The Morgan fingerprint density at radius 1 is 1.38 bits per heavy atom. The third-order valence-corrected chi connectivity index (χ3v) is 3.04. The number of ether oxygens (including phenoxy) is 2. The van der Waals surface area contributed by atoms with Gasteiger partial charge in [-0.15, -0.1) is 0 Å². The van der Waals surface area contributed by atoms with Crippen molar-refractivity contribution in [3.8, 4) is 5.75 Å². The molecule has 0 amide bonds. The Bertz CT molecular complexity index is 404. The molecule has 0 bridgehead atoms. The lowest BCUT2D eigenvalue weighted by atomic mass is 10.1. The zero-order valence-electron chi connectivity index (χ0n) is 12.8. The van der Waals surface area contributed by atoms with Crippen LogP contribution in [0.3, 0.4) is 0 Å². The van der Waals surface area contributed by atoms with Crippen LogP contribution in [-0.2, 0) is 4.74 Å². The van der Waals surface area contributed by atoms with Crippen LogP contribution < -0.4 is 15.8 Å². The molecule has 1 rings (SSSR count). The van der Waals surface area contributed by atoms with E-state index < -0.39 is 0 Å². The second kappa shape index (κ2) is 10.2. The fraction of sp³-hybridized carbons (Fsp3) is 0.714. The Morgan fingerprint density at radius 3 is 2.86 bits per heavy atom. The normalized spacial score (nSPS) is 12.1. The van der Waals surface area contributed by atoms with Crippen molar-refractivity contribution in [1.82, 2.24) is 9.97 Å². The molecule has 0 aromatic carbocycles. The fourth-order valence-corrected chi connectivity index (χ4v) is 1.92. The Balaban J connectivity index is 2.74. The number of hydrogen-bond donors (Lipinski definition) is 3. The van der Waals surface area contributed by atoms with E-state index in [9.17, 15) is 0 Å². The summed E-state index contributed by atoms with van der Waals surface area (Å²) in [7, 11) is 1.62. The maximum Gasteiger partial charge on any atom is 0.222 e. The third kappa shape index (κ3) is 6.59. The van der Waals surface area contributed by atoms with Crippen LogP contribution >= 0.6 is 0 Å². The van der Waals surface area contributed by atoms with E-state index in [0.29, 0.717) is 31.2 Å². The number of nitrogen functional groups attached to an aromatic ring is 1. The summed E-state index contributed by atoms with van der Waals surface area (Å²) < 4.78 is 10.5. The molecular weight excluding hydrogens is 272 g/mol. The average Bonchev–Trinajstić information content (AvgIpc) is 2.47. The number of aromatic nitrogens is 2. The van der Waals surface area contributed by atoms with Crippen molar-refractivity contribution in [2.24, 2.45) is 0 Å². The zero-order valence-corrected chi connectivity index (χ0v) is 12.8.